The van der Waals surface area contributed by atoms with Gasteiger partial charge in [-0.2, -0.15) is 13.2 Å². The van der Waals surface area contributed by atoms with Gasteiger partial charge in [-0.15, -0.1) is 0 Å². The second kappa shape index (κ2) is 4.14. The lowest BCUT2D eigenvalue weighted by atomic mass is 10.1. The molecule has 0 bridgehead atoms. The van der Waals surface area contributed by atoms with E-state index < -0.39 is 35.8 Å². The highest BCUT2D eigenvalue weighted by molar-refractivity contribution is 5.20. The Morgan fingerprint density at radius 2 is 1.60 bits per heavy atom. The zero-order chi connectivity index (χ0) is 11.6. The van der Waals surface area contributed by atoms with Crippen LogP contribution in [-0.4, -0.2) is 12.2 Å². The van der Waals surface area contributed by atoms with Crippen molar-refractivity contribution in [3.8, 4) is 0 Å². The molecule has 1 unspecified atom stereocenters. The summed E-state index contributed by atoms with van der Waals surface area (Å²) < 4.78 is 62.0. The van der Waals surface area contributed by atoms with E-state index in [4.69, 9.17) is 5.73 Å². The Hall–Kier alpha value is -1.17. The quantitative estimate of drug-likeness (QED) is 0.768. The van der Waals surface area contributed by atoms with Crippen molar-refractivity contribution >= 4 is 0 Å². The first-order valence-corrected chi connectivity index (χ1v) is 4.07. The van der Waals surface area contributed by atoms with E-state index in [1.165, 1.54) is 0 Å². The lowest BCUT2D eigenvalue weighted by Crippen LogP contribution is -2.39. The van der Waals surface area contributed by atoms with E-state index in [0.29, 0.717) is 0 Å². The predicted molar refractivity (Wildman–Crippen MR) is 44.1 cm³/mol. The maximum absolute atomic E-state index is 12.9. The Morgan fingerprint density at radius 3 is 2.00 bits per heavy atom. The number of halogens is 5. The Kier molecular flexibility index (Phi) is 3.28. The van der Waals surface area contributed by atoms with Gasteiger partial charge >= 0.3 is 6.18 Å². The van der Waals surface area contributed by atoms with E-state index in [1.807, 2.05) is 0 Å². The summed E-state index contributed by atoms with van der Waals surface area (Å²) in [5, 5.41) is 0. The van der Waals surface area contributed by atoms with Gasteiger partial charge in [0, 0.05) is 12.0 Å². The van der Waals surface area contributed by atoms with Gasteiger partial charge in [-0.05, 0) is 12.1 Å². The number of nitrogens with two attached hydrogens (primary N) is 1. The van der Waals surface area contributed by atoms with E-state index in [0.717, 1.165) is 18.2 Å². The van der Waals surface area contributed by atoms with Crippen molar-refractivity contribution in [2.75, 3.05) is 0 Å². The van der Waals surface area contributed by atoms with Crippen LogP contribution in [0.1, 0.15) is 5.56 Å². The molecule has 2 N–H and O–H groups in total. The van der Waals surface area contributed by atoms with Crippen LogP contribution in [-0.2, 0) is 6.42 Å². The normalized spacial score (nSPS) is 14.0. The molecule has 1 atom stereocenters. The molecule has 0 aliphatic carbocycles. The van der Waals surface area contributed by atoms with Gasteiger partial charge in [-0.25, -0.2) is 8.78 Å². The van der Waals surface area contributed by atoms with Gasteiger partial charge in [0.2, 0.25) is 0 Å². The third-order valence-corrected chi connectivity index (χ3v) is 1.91. The first-order chi connectivity index (χ1) is 6.82. The van der Waals surface area contributed by atoms with Crippen molar-refractivity contribution in [1.82, 2.24) is 0 Å². The zero-order valence-corrected chi connectivity index (χ0v) is 7.48. The molecular formula is C9H8F5N. The van der Waals surface area contributed by atoms with Crippen LogP contribution in [0.5, 0.6) is 0 Å². The van der Waals surface area contributed by atoms with E-state index in [9.17, 15) is 22.0 Å². The van der Waals surface area contributed by atoms with E-state index in [1.54, 1.807) is 0 Å². The van der Waals surface area contributed by atoms with E-state index in [2.05, 4.69) is 0 Å². The highest BCUT2D eigenvalue weighted by Gasteiger charge is 2.37. The van der Waals surface area contributed by atoms with Crippen LogP contribution in [0.25, 0.3) is 0 Å². The summed E-state index contributed by atoms with van der Waals surface area (Å²) in [4.78, 5) is 0. The molecule has 0 saturated heterocycles. The minimum Gasteiger partial charge on any atom is -0.320 e. The third-order valence-electron chi connectivity index (χ3n) is 1.91. The standard InChI is InChI=1S/C9H8F5N/c10-6-2-1-3-7(11)5(6)4-8(15)9(12,13)14/h1-3,8H,4,15H2. The highest BCUT2D eigenvalue weighted by Crippen LogP contribution is 2.23. The number of hydrogen-bond donors (Lipinski definition) is 1. The molecule has 84 valence electrons. The molecule has 0 heterocycles. The maximum atomic E-state index is 12.9. The fraction of sp³-hybridized carbons (Fsp3) is 0.333. The van der Waals surface area contributed by atoms with Gasteiger partial charge in [-0.1, -0.05) is 6.07 Å². The van der Waals surface area contributed by atoms with Crippen LogP contribution >= 0.6 is 0 Å². The van der Waals surface area contributed by atoms with Crippen LogP contribution in [0.15, 0.2) is 18.2 Å². The molecule has 0 radical (unpaired) electrons. The summed E-state index contributed by atoms with van der Waals surface area (Å²) in [6.45, 7) is 0. The lowest BCUT2D eigenvalue weighted by molar-refractivity contribution is -0.147. The third kappa shape index (κ3) is 2.89. The monoisotopic (exact) mass is 225 g/mol. The molecule has 1 nitrogen and oxygen atoms in total. The molecular weight excluding hydrogens is 217 g/mol. The van der Waals surface area contributed by atoms with Gasteiger partial charge in [0.15, 0.2) is 0 Å². The number of rotatable bonds is 2. The number of hydrogen-bond acceptors (Lipinski definition) is 1. The predicted octanol–water partition coefficient (Wildman–Crippen LogP) is 2.40. The summed E-state index contributed by atoms with van der Waals surface area (Å²) in [7, 11) is 0. The first-order valence-electron chi connectivity index (χ1n) is 4.07. The van der Waals surface area contributed by atoms with Crippen molar-refractivity contribution in [2.24, 2.45) is 5.73 Å². The summed E-state index contributed by atoms with van der Waals surface area (Å²) >= 11 is 0. The van der Waals surface area contributed by atoms with Crippen molar-refractivity contribution in [2.45, 2.75) is 18.6 Å². The molecule has 0 amide bonds. The summed E-state index contributed by atoms with van der Waals surface area (Å²) in [6, 6.07) is 0.597. The van der Waals surface area contributed by atoms with E-state index >= 15 is 0 Å². The topological polar surface area (TPSA) is 26.0 Å². The SMILES string of the molecule is NC(Cc1c(F)cccc1F)C(F)(F)F. The first kappa shape index (κ1) is 11.9. The maximum Gasteiger partial charge on any atom is 0.403 e. The van der Waals surface area contributed by atoms with Crippen LogP contribution in [0.3, 0.4) is 0 Å². The fourth-order valence-corrected chi connectivity index (χ4v) is 1.06. The minimum atomic E-state index is -4.66. The second-order valence-electron chi connectivity index (χ2n) is 3.05. The molecule has 0 aliphatic heterocycles. The van der Waals surface area contributed by atoms with Gasteiger partial charge in [0.1, 0.15) is 17.7 Å². The van der Waals surface area contributed by atoms with Gasteiger partial charge < -0.3 is 5.73 Å². The zero-order valence-electron chi connectivity index (χ0n) is 7.48. The molecule has 15 heavy (non-hydrogen) atoms. The molecule has 0 fully saturated rings. The summed E-state index contributed by atoms with van der Waals surface area (Å²) in [6.07, 6.45) is -5.56. The Labute approximate surface area is 82.7 Å². The van der Waals surface area contributed by atoms with Crippen LogP contribution in [0.4, 0.5) is 22.0 Å². The molecule has 1 aromatic rings. The van der Waals surface area contributed by atoms with Crippen molar-refractivity contribution in [1.29, 1.82) is 0 Å². The molecule has 0 aromatic heterocycles. The van der Waals surface area contributed by atoms with Gasteiger partial charge in [0.05, 0.1) is 0 Å². The van der Waals surface area contributed by atoms with Crippen LogP contribution < -0.4 is 5.73 Å². The van der Waals surface area contributed by atoms with Crippen LogP contribution in [0, 0.1) is 11.6 Å². The van der Waals surface area contributed by atoms with Crippen molar-refractivity contribution < 1.29 is 22.0 Å². The average Bonchev–Trinajstić information content (AvgIpc) is 2.09. The second-order valence-corrected chi connectivity index (χ2v) is 3.05. The summed E-state index contributed by atoms with van der Waals surface area (Å²) in [5.74, 6) is -2.04. The fourth-order valence-electron chi connectivity index (χ4n) is 1.06. The molecule has 6 heteroatoms. The minimum absolute atomic E-state index is 0.637. The molecule has 0 saturated carbocycles. The Bertz CT molecular complexity index is 327. The largest absolute Gasteiger partial charge is 0.403 e. The molecule has 1 aromatic carbocycles. The lowest BCUT2D eigenvalue weighted by Gasteiger charge is -2.15. The molecule has 0 aliphatic rings. The van der Waals surface area contributed by atoms with Crippen molar-refractivity contribution in [3.05, 3.63) is 35.4 Å². The number of benzene rings is 1. The van der Waals surface area contributed by atoms with Crippen molar-refractivity contribution in [3.63, 3.8) is 0 Å². The highest BCUT2D eigenvalue weighted by atomic mass is 19.4. The smallest absolute Gasteiger partial charge is 0.320 e. The Morgan fingerprint density at radius 1 is 1.13 bits per heavy atom. The van der Waals surface area contributed by atoms with E-state index in [-0.39, 0.29) is 0 Å². The number of alkyl halides is 3. The Balaban J connectivity index is 2.90. The van der Waals surface area contributed by atoms with Crippen LogP contribution in [0.2, 0.25) is 0 Å². The molecule has 0 spiro atoms. The average molecular weight is 225 g/mol. The van der Waals surface area contributed by atoms with Gasteiger partial charge in [-0.3, -0.25) is 0 Å². The summed E-state index contributed by atoms with van der Waals surface area (Å²) in [5.41, 5.74) is 4.13. The van der Waals surface area contributed by atoms with Gasteiger partial charge in [0.25, 0.3) is 0 Å². The molecule has 1 rings (SSSR count).